The highest BCUT2D eigenvalue weighted by molar-refractivity contribution is 7.86. The Bertz CT molecular complexity index is 174. The molecule has 0 fully saturated rings. The molecule has 10 heavy (non-hydrogen) atoms. The second-order valence-corrected chi connectivity index (χ2v) is 4.18. The van der Waals surface area contributed by atoms with Crippen LogP contribution >= 0.6 is 0 Å². The van der Waals surface area contributed by atoms with Crippen LogP contribution in [0.5, 0.6) is 0 Å². The van der Waals surface area contributed by atoms with Gasteiger partial charge in [-0.3, -0.25) is 0 Å². The van der Waals surface area contributed by atoms with E-state index in [-0.39, 0.29) is 0 Å². The van der Waals surface area contributed by atoms with Crippen LogP contribution in [0, 0.1) is 0 Å². The number of halogens is 1. The van der Waals surface area contributed by atoms with E-state index in [1.165, 1.54) is 6.92 Å². The summed E-state index contributed by atoms with van der Waals surface area (Å²) in [6.07, 6.45) is 2.10. The van der Waals surface area contributed by atoms with Crippen LogP contribution in [0.4, 0.5) is 3.89 Å². The van der Waals surface area contributed by atoms with E-state index in [4.69, 9.17) is 0 Å². The Morgan fingerprint density at radius 1 is 1.50 bits per heavy atom. The molecule has 0 aliphatic rings. The maximum atomic E-state index is 12.1. The van der Waals surface area contributed by atoms with Gasteiger partial charge in [0.25, 0.3) is 0 Å². The van der Waals surface area contributed by atoms with E-state index < -0.39 is 15.5 Å². The van der Waals surface area contributed by atoms with Crippen molar-refractivity contribution in [2.45, 2.75) is 38.4 Å². The maximum absolute atomic E-state index is 12.1. The summed E-state index contributed by atoms with van der Waals surface area (Å²) in [5.41, 5.74) is 0. The smallest absolute Gasteiger partial charge is 0.195 e. The Balaban J connectivity index is 3.75. The molecule has 0 amide bonds. The molecular formula is C6H13FO2S. The summed E-state index contributed by atoms with van der Waals surface area (Å²) in [5, 5.41) is -0.826. The first-order valence-electron chi connectivity index (χ1n) is 3.42. The monoisotopic (exact) mass is 168 g/mol. The highest BCUT2D eigenvalue weighted by atomic mass is 32.3. The molecule has 0 saturated carbocycles. The van der Waals surface area contributed by atoms with Gasteiger partial charge in [0.05, 0.1) is 5.25 Å². The summed E-state index contributed by atoms with van der Waals surface area (Å²) in [6.45, 7) is 3.34. The molecule has 0 radical (unpaired) electrons. The highest BCUT2D eigenvalue weighted by Gasteiger charge is 2.17. The third kappa shape index (κ3) is 3.82. The molecule has 0 aromatic rings. The van der Waals surface area contributed by atoms with Crippen molar-refractivity contribution >= 4 is 10.2 Å². The lowest BCUT2D eigenvalue weighted by Crippen LogP contribution is -2.11. The van der Waals surface area contributed by atoms with Gasteiger partial charge in [0.1, 0.15) is 0 Å². The van der Waals surface area contributed by atoms with Crippen molar-refractivity contribution in [2.75, 3.05) is 0 Å². The Labute approximate surface area is 61.7 Å². The van der Waals surface area contributed by atoms with Gasteiger partial charge in [-0.2, -0.15) is 8.42 Å². The summed E-state index contributed by atoms with van der Waals surface area (Å²) < 4.78 is 32.4. The second kappa shape index (κ2) is 3.91. The Hall–Kier alpha value is -0.120. The lowest BCUT2D eigenvalue weighted by Gasteiger charge is -2.03. The summed E-state index contributed by atoms with van der Waals surface area (Å²) in [5.74, 6) is 0. The predicted molar refractivity (Wildman–Crippen MR) is 39.0 cm³/mol. The molecule has 62 valence electrons. The first-order chi connectivity index (χ1) is 4.48. The fraction of sp³-hybridized carbons (Fsp3) is 1.00. The molecule has 0 saturated heterocycles. The van der Waals surface area contributed by atoms with Gasteiger partial charge in [0.2, 0.25) is 0 Å². The molecule has 0 heterocycles. The molecule has 0 N–H and O–H groups in total. The fourth-order valence-corrected chi connectivity index (χ4v) is 1.08. The minimum absolute atomic E-state index is 0.426. The third-order valence-corrected chi connectivity index (χ3v) is 2.64. The van der Waals surface area contributed by atoms with E-state index in [1.807, 2.05) is 6.92 Å². The average molecular weight is 168 g/mol. The summed E-state index contributed by atoms with van der Waals surface area (Å²) in [7, 11) is -4.28. The van der Waals surface area contributed by atoms with Gasteiger partial charge in [-0.05, 0) is 13.3 Å². The molecular weight excluding hydrogens is 155 g/mol. The average Bonchev–Trinajstić information content (AvgIpc) is 1.80. The number of rotatable bonds is 4. The lowest BCUT2D eigenvalue weighted by atomic mass is 10.2. The Kier molecular flexibility index (Phi) is 3.86. The van der Waals surface area contributed by atoms with E-state index in [0.717, 1.165) is 12.8 Å². The van der Waals surface area contributed by atoms with Crippen molar-refractivity contribution in [3.8, 4) is 0 Å². The Morgan fingerprint density at radius 3 is 2.30 bits per heavy atom. The van der Waals surface area contributed by atoms with Gasteiger partial charge in [-0.25, -0.2) is 0 Å². The van der Waals surface area contributed by atoms with Crippen molar-refractivity contribution < 1.29 is 12.3 Å². The van der Waals surface area contributed by atoms with Crippen molar-refractivity contribution in [1.29, 1.82) is 0 Å². The van der Waals surface area contributed by atoms with E-state index in [1.54, 1.807) is 0 Å². The van der Waals surface area contributed by atoms with Gasteiger partial charge >= 0.3 is 10.2 Å². The lowest BCUT2D eigenvalue weighted by molar-refractivity contribution is 0.528. The number of hydrogen-bond donors (Lipinski definition) is 0. The maximum Gasteiger partial charge on any atom is 0.305 e. The van der Waals surface area contributed by atoms with Crippen molar-refractivity contribution in [3.05, 3.63) is 0 Å². The number of unbranched alkanes of at least 4 members (excludes halogenated alkanes) is 1. The molecule has 0 aliphatic heterocycles. The highest BCUT2D eigenvalue weighted by Crippen LogP contribution is 2.10. The van der Waals surface area contributed by atoms with Crippen LogP contribution < -0.4 is 0 Å². The third-order valence-electron chi connectivity index (χ3n) is 1.44. The topological polar surface area (TPSA) is 34.1 Å². The van der Waals surface area contributed by atoms with Gasteiger partial charge in [-0.15, -0.1) is 3.89 Å². The number of hydrogen-bond acceptors (Lipinski definition) is 2. The molecule has 2 nitrogen and oxygen atoms in total. The standard InChI is InChI=1S/C6H13FO2S/c1-3-4-5-6(2)10(7,8)9/h6H,3-5H2,1-2H3. The van der Waals surface area contributed by atoms with Crippen molar-refractivity contribution in [3.63, 3.8) is 0 Å². The van der Waals surface area contributed by atoms with Crippen LogP contribution in [-0.2, 0) is 10.2 Å². The van der Waals surface area contributed by atoms with Crippen LogP contribution in [-0.4, -0.2) is 13.7 Å². The molecule has 0 spiro atoms. The van der Waals surface area contributed by atoms with Crippen LogP contribution in [0.1, 0.15) is 33.1 Å². The van der Waals surface area contributed by atoms with Crippen LogP contribution in [0.15, 0.2) is 0 Å². The summed E-state index contributed by atoms with van der Waals surface area (Å²) >= 11 is 0. The van der Waals surface area contributed by atoms with E-state index in [0.29, 0.717) is 6.42 Å². The molecule has 1 atom stereocenters. The molecule has 0 aliphatic carbocycles. The van der Waals surface area contributed by atoms with Gasteiger partial charge in [0, 0.05) is 0 Å². The SMILES string of the molecule is CCCCC(C)S(=O)(=O)F. The predicted octanol–water partition coefficient (Wildman–Crippen LogP) is 1.86. The first kappa shape index (κ1) is 9.88. The van der Waals surface area contributed by atoms with Gasteiger partial charge in [-0.1, -0.05) is 19.8 Å². The molecule has 4 heteroatoms. The second-order valence-electron chi connectivity index (χ2n) is 2.43. The zero-order chi connectivity index (χ0) is 8.20. The normalized spacial score (nSPS) is 15.1. The zero-order valence-electron chi connectivity index (χ0n) is 6.30. The quantitative estimate of drug-likeness (QED) is 0.600. The minimum Gasteiger partial charge on any atom is -0.195 e. The van der Waals surface area contributed by atoms with E-state index in [9.17, 15) is 12.3 Å². The van der Waals surface area contributed by atoms with Gasteiger partial charge < -0.3 is 0 Å². The van der Waals surface area contributed by atoms with E-state index >= 15 is 0 Å². The van der Waals surface area contributed by atoms with Gasteiger partial charge in [0.15, 0.2) is 0 Å². The molecule has 0 aromatic heterocycles. The molecule has 0 aromatic carbocycles. The van der Waals surface area contributed by atoms with Crippen molar-refractivity contribution in [2.24, 2.45) is 0 Å². The Morgan fingerprint density at radius 2 is 2.00 bits per heavy atom. The zero-order valence-corrected chi connectivity index (χ0v) is 7.12. The van der Waals surface area contributed by atoms with Crippen LogP contribution in [0.25, 0.3) is 0 Å². The van der Waals surface area contributed by atoms with E-state index in [2.05, 4.69) is 0 Å². The molecule has 1 unspecified atom stereocenters. The largest absolute Gasteiger partial charge is 0.305 e. The van der Waals surface area contributed by atoms with Crippen LogP contribution in [0.2, 0.25) is 0 Å². The molecule has 0 rings (SSSR count). The summed E-state index contributed by atoms with van der Waals surface area (Å²) in [4.78, 5) is 0. The fourth-order valence-electron chi connectivity index (χ4n) is 0.632. The summed E-state index contributed by atoms with van der Waals surface area (Å²) in [6, 6.07) is 0. The first-order valence-corrected chi connectivity index (χ1v) is 4.86. The van der Waals surface area contributed by atoms with Crippen LogP contribution in [0.3, 0.4) is 0 Å². The molecule has 0 bridgehead atoms. The van der Waals surface area contributed by atoms with Crippen molar-refractivity contribution in [1.82, 2.24) is 0 Å². The minimum atomic E-state index is -4.28.